The maximum Gasteiger partial charge on any atom is 0.224 e. The molecule has 0 saturated carbocycles. The normalized spacial score (nSPS) is 14.1. The highest BCUT2D eigenvalue weighted by atomic mass is 16.5. The molecule has 0 aromatic heterocycles. The van der Waals surface area contributed by atoms with Gasteiger partial charge in [0.15, 0.2) is 0 Å². The van der Waals surface area contributed by atoms with E-state index in [1.807, 2.05) is 49.4 Å². The minimum absolute atomic E-state index is 0.0245. The van der Waals surface area contributed by atoms with E-state index in [2.05, 4.69) is 11.4 Å². The zero-order valence-electron chi connectivity index (χ0n) is 12.1. The predicted molar refractivity (Wildman–Crippen MR) is 82.3 cm³/mol. The van der Waals surface area contributed by atoms with Gasteiger partial charge in [-0.2, -0.15) is 0 Å². The Kier molecular flexibility index (Phi) is 3.91. The van der Waals surface area contributed by atoms with E-state index in [4.69, 9.17) is 4.74 Å². The van der Waals surface area contributed by atoms with Crippen LogP contribution in [0, 0.1) is 0 Å². The monoisotopic (exact) mass is 281 g/mol. The molecule has 1 atom stereocenters. The van der Waals surface area contributed by atoms with Crippen LogP contribution in [0.15, 0.2) is 48.5 Å². The van der Waals surface area contributed by atoms with Gasteiger partial charge in [0.25, 0.3) is 0 Å². The first-order valence-electron chi connectivity index (χ1n) is 7.31. The number of hydrogen-bond donors (Lipinski definition) is 1. The van der Waals surface area contributed by atoms with Gasteiger partial charge in [-0.05, 0) is 29.7 Å². The molecule has 0 fully saturated rings. The van der Waals surface area contributed by atoms with E-state index in [0.717, 1.165) is 29.9 Å². The molecule has 2 aromatic carbocycles. The van der Waals surface area contributed by atoms with Crippen LogP contribution in [-0.2, 0) is 17.6 Å². The smallest absolute Gasteiger partial charge is 0.224 e. The summed E-state index contributed by atoms with van der Waals surface area (Å²) in [5.41, 5.74) is 3.36. The number of amides is 1. The molecule has 108 valence electrons. The fraction of sp³-hybridized carbons (Fsp3) is 0.278. The van der Waals surface area contributed by atoms with Crippen molar-refractivity contribution in [3.63, 3.8) is 0 Å². The topological polar surface area (TPSA) is 38.3 Å². The van der Waals surface area contributed by atoms with Gasteiger partial charge in [0, 0.05) is 6.42 Å². The zero-order valence-corrected chi connectivity index (χ0v) is 12.1. The van der Waals surface area contributed by atoms with E-state index < -0.39 is 0 Å². The van der Waals surface area contributed by atoms with Crippen molar-refractivity contribution < 1.29 is 9.53 Å². The minimum Gasteiger partial charge on any atom is -0.493 e. The fourth-order valence-corrected chi connectivity index (χ4v) is 2.65. The quantitative estimate of drug-likeness (QED) is 0.935. The van der Waals surface area contributed by atoms with E-state index in [9.17, 15) is 4.79 Å². The average molecular weight is 281 g/mol. The third-order valence-corrected chi connectivity index (χ3v) is 3.80. The summed E-state index contributed by atoms with van der Waals surface area (Å²) in [6.07, 6.45) is 1.34. The van der Waals surface area contributed by atoms with Gasteiger partial charge < -0.3 is 10.1 Å². The highest BCUT2D eigenvalue weighted by Gasteiger charge is 2.14. The van der Waals surface area contributed by atoms with Crippen molar-refractivity contribution in [3.8, 4) is 5.75 Å². The summed E-state index contributed by atoms with van der Waals surface area (Å²) >= 11 is 0. The summed E-state index contributed by atoms with van der Waals surface area (Å²) in [7, 11) is 0. The molecule has 0 aliphatic carbocycles. The Balaban J connectivity index is 1.61. The molecule has 1 aliphatic rings. The van der Waals surface area contributed by atoms with Gasteiger partial charge in [0.05, 0.1) is 19.1 Å². The molecule has 0 bridgehead atoms. The summed E-state index contributed by atoms with van der Waals surface area (Å²) in [6, 6.07) is 16.0. The van der Waals surface area contributed by atoms with E-state index in [0.29, 0.717) is 6.42 Å². The molecule has 0 radical (unpaired) electrons. The van der Waals surface area contributed by atoms with Crippen molar-refractivity contribution >= 4 is 5.91 Å². The maximum atomic E-state index is 12.2. The Bertz CT molecular complexity index is 637. The third kappa shape index (κ3) is 3.24. The summed E-state index contributed by atoms with van der Waals surface area (Å²) in [5.74, 6) is 1.00. The Labute approximate surface area is 124 Å². The van der Waals surface area contributed by atoms with E-state index in [1.54, 1.807) is 0 Å². The predicted octanol–water partition coefficient (Wildman–Crippen LogP) is 3.04. The van der Waals surface area contributed by atoms with E-state index >= 15 is 0 Å². The van der Waals surface area contributed by atoms with Crippen LogP contribution >= 0.6 is 0 Å². The number of ether oxygens (including phenoxy) is 1. The summed E-state index contributed by atoms with van der Waals surface area (Å²) in [5, 5.41) is 3.04. The Morgan fingerprint density at radius 1 is 1.24 bits per heavy atom. The van der Waals surface area contributed by atoms with E-state index in [1.165, 1.54) is 5.56 Å². The molecular formula is C18H19NO2. The lowest BCUT2D eigenvalue weighted by Gasteiger charge is -2.14. The molecule has 1 heterocycles. The second-order valence-electron chi connectivity index (χ2n) is 5.42. The van der Waals surface area contributed by atoms with Crippen molar-refractivity contribution in [1.29, 1.82) is 0 Å². The highest BCUT2D eigenvalue weighted by molar-refractivity contribution is 5.79. The highest BCUT2D eigenvalue weighted by Crippen LogP contribution is 2.26. The van der Waals surface area contributed by atoms with Crippen molar-refractivity contribution in [2.45, 2.75) is 25.8 Å². The molecule has 1 aliphatic heterocycles. The van der Waals surface area contributed by atoms with Gasteiger partial charge >= 0.3 is 0 Å². The van der Waals surface area contributed by atoms with Gasteiger partial charge in [-0.15, -0.1) is 0 Å². The summed E-state index contributed by atoms with van der Waals surface area (Å²) < 4.78 is 5.48. The largest absolute Gasteiger partial charge is 0.493 e. The van der Waals surface area contributed by atoms with Crippen molar-refractivity contribution in [2.75, 3.05) is 6.61 Å². The Morgan fingerprint density at radius 3 is 2.86 bits per heavy atom. The van der Waals surface area contributed by atoms with Crippen LogP contribution in [-0.4, -0.2) is 12.5 Å². The second kappa shape index (κ2) is 6.00. The zero-order chi connectivity index (χ0) is 14.7. The SMILES string of the molecule is CC(NC(=O)Cc1ccc2c(c1)CCO2)c1ccccc1. The molecule has 1 N–H and O–H groups in total. The number of fused-ring (bicyclic) bond motifs is 1. The number of carbonyl (C=O) groups excluding carboxylic acids is 1. The molecular weight excluding hydrogens is 262 g/mol. The van der Waals surface area contributed by atoms with Crippen molar-refractivity contribution in [1.82, 2.24) is 5.32 Å². The maximum absolute atomic E-state index is 12.2. The average Bonchev–Trinajstić information content (AvgIpc) is 2.95. The van der Waals surface area contributed by atoms with Crippen molar-refractivity contribution in [3.05, 3.63) is 65.2 Å². The standard InChI is InChI=1S/C18H19NO2/c1-13(15-5-3-2-4-6-15)19-18(20)12-14-7-8-17-16(11-14)9-10-21-17/h2-8,11,13H,9-10,12H2,1H3,(H,19,20). The lowest BCUT2D eigenvalue weighted by Crippen LogP contribution is -2.28. The molecule has 2 aromatic rings. The van der Waals surface area contributed by atoms with Crippen LogP contribution in [0.25, 0.3) is 0 Å². The summed E-state index contributed by atoms with van der Waals surface area (Å²) in [4.78, 5) is 12.2. The van der Waals surface area contributed by atoms with Crippen molar-refractivity contribution in [2.24, 2.45) is 0 Å². The molecule has 1 amide bonds. The van der Waals surface area contributed by atoms with Gasteiger partial charge in [-0.1, -0.05) is 42.5 Å². The number of carbonyl (C=O) groups is 1. The molecule has 21 heavy (non-hydrogen) atoms. The number of nitrogens with one attached hydrogen (secondary N) is 1. The van der Waals surface area contributed by atoms with E-state index in [-0.39, 0.29) is 11.9 Å². The molecule has 1 unspecified atom stereocenters. The number of rotatable bonds is 4. The third-order valence-electron chi connectivity index (χ3n) is 3.80. The lowest BCUT2D eigenvalue weighted by atomic mass is 10.0. The lowest BCUT2D eigenvalue weighted by molar-refractivity contribution is -0.121. The first-order valence-corrected chi connectivity index (χ1v) is 7.31. The van der Waals surface area contributed by atoms with Gasteiger partial charge in [0.1, 0.15) is 5.75 Å². The second-order valence-corrected chi connectivity index (χ2v) is 5.42. The van der Waals surface area contributed by atoms with Crippen LogP contribution in [0.5, 0.6) is 5.75 Å². The van der Waals surface area contributed by atoms with Crippen LogP contribution in [0.2, 0.25) is 0 Å². The minimum atomic E-state index is 0.0245. The first-order chi connectivity index (χ1) is 10.2. The fourth-order valence-electron chi connectivity index (χ4n) is 2.65. The molecule has 0 saturated heterocycles. The molecule has 3 rings (SSSR count). The van der Waals surface area contributed by atoms with Gasteiger partial charge in [-0.3, -0.25) is 4.79 Å². The Hall–Kier alpha value is -2.29. The number of hydrogen-bond acceptors (Lipinski definition) is 2. The van der Waals surface area contributed by atoms with Crippen LogP contribution < -0.4 is 10.1 Å². The van der Waals surface area contributed by atoms with Crippen LogP contribution in [0.3, 0.4) is 0 Å². The van der Waals surface area contributed by atoms with Crippen LogP contribution in [0.1, 0.15) is 29.7 Å². The summed E-state index contributed by atoms with van der Waals surface area (Å²) in [6.45, 7) is 2.75. The molecule has 3 heteroatoms. The molecule has 0 spiro atoms. The van der Waals surface area contributed by atoms with Gasteiger partial charge in [-0.25, -0.2) is 0 Å². The first kappa shape index (κ1) is 13.7. The molecule has 3 nitrogen and oxygen atoms in total. The Morgan fingerprint density at radius 2 is 2.05 bits per heavy atom. The van der Waals surface area contributed by atoms with Crippen LogP contribution in [0.4, 0.5) is 0 Å². The number of benzene rings is 2. The van der Waals surface area contributed by atoms with Gasteiger partial charge in [0.2, 0.25) is 5.91 Å².